The van der Waals surface area contributed by atoms with Gasteiger partial charge in [0, 0.05) is 13.2 Å². The van der Waals surface area contributed by atoms with Crippen LogP contribution in [0.25, 0.3) is 0 Å². The van der Waals surface area contributed by atoms with E-state index in [4.69, 9.17) is 19.5 Å². The molecule has 0 spiro atoms. The van der Waals surface area contributed by atoms with Crippen molar-refractivity contribution < 1.29 is 14.2 Å². The van der Waals surface area contributed by atoms with Crippen molar-refractivity contribution >= 4 is 0 Å². The fourth-order valence-corrected chi connectivity index (χ4v) is 1.50. The third-order valence-corrected chi connectivity index (χ3v) is 2.40. The van der Waals surface area contributed by atoms with Crippen molar-refractivity contribution in [3.05, 3.63) is 29.3 Å². The van der Waals surface area contributed by atoms with Gasteiger partial charge < -0.3 is 14.2 Å². The van der Waals surface area contributed by atoms with Crippen LogP contribution in [-0.4, -0.2) is 26.1 Å². The largest absolute Gasteiger partial charge is 0.488 e. The van der Waals surface area contributed by atoms with Crippen LogP contribution < -0.4 is 4.74 Å². The van der Waals surface area contributed by atoms with Crippen molar-refractivity contribution in [2.75, 3.05) is 19.8 Å². The Kier molecular flexibility index (Phi) is 6.20. The molecule has 18 heavy (non-hydrogen) atoms. The molecule has 0 aromatic heterocycles. The second-order valence-electron chi connectivity index (χ2n) is 3.74. The van der Waals surface area contributed by atoms with E-state index in [9.17, 15) is 0 Å². The Hall–Kier alpha value is -1.57. The SMILES string of the molecule is CCOC(COc1cc(C#N)ccc1C)OCC. The smallest absolute Gasteiger partial charge is 0.191 e. The van der Waals surface area contributed by atoms with Gasteiger partial charge in [0.25, 0.3) is 0 Å². The Balaban J connectivity index is 2.63. The van der Waals surface area contributed by atoms with Gasteiger partial charge >= 0.3 is 0 Å². The molecule has 0 aliphatic carbocycles. The molecule has 1 aromatic carbocycles. The van der Waals surface area contributed by atoms with Gasteiger partial charge in [0.1, 0.15) is 12.4 Å². The third kappa shape index (κ3) is 4.36. The zero-order valence-electron chi connectivity index (χ0n) is 11.1. The third-order valence-electron chi connectivity index (χ3n) is 2.40. The summed E-state index contributed by atoms with van der Waals surface area (Å²) in [6.45, 7) is 7.22. The highest BCUT2D eigenvalue weighted by Gasteiger charge is 2.10. The van der Waals surface area contributed by atoms with Crippen molar-refractivity contribution in [2.45, 2.75) is 27.1 Å². The van der Waals surface area contributed by atoms with Crippen molar-refractivity contribution in [3.8, 4) is 11.8 Å². The Labute approximate surface area is 108 Å². The highest BCUT2D eigenvalue weighted by Crippen LogP contribution is 2.19. The van der Waals surface area contributed by atoms with E-state index < -0.39 is 0 Å². The quantitative estimate of drug-likeness (QED) is 0.697. The van der Waals surface area contributed by atoms with Gasteiger partial charge in [-0.3, -0.25) is 0 Å². The molecule has 0 aliphatic heterocycles. The van der Waals surface area contributed by atoms with Gasteiger partial charge in [-0.1, -0.05) is 6.07 Å². The van der Waals surface area contributed by atoms with Gasteiger partial charge in [0.2, 0.25) is 0 Å². The maximum absolute atomic E-state index is 8.84. The summed E-state index contributed by atoms with van der Waals surface area (Å²) >= 11 is 0. The molecule has 0 amide bonds. The van der Waals surface area contributed by atoms with E-state index in [1.165, 1.54) is 0 Å². The van der Waals surface area contributed by atoms with Crippen molar-refractivity contribution in [3.63, 3.8) is 0 Å². The summed E-state index contributed by atoms with van der Waals surface area (Å²) in [5.74, 6) is 0.693. The van der Waals surface area contributed by atoms with Crippen LogP contribution >= 0.6 is 0 Å². The fraction of sp³-hybridized carbons (Fsp3) is 0.500. The number of nitriles is 1. The molecule has 0 atom stereocenters. The van der Waals surface area contributed by atoms with Crippen molar-refractivity contribution in [2.24, 2.45) is 0 Å². The van der Waals surface area contributed by atoms with Gasteiger partial charge in [-0.15, -0.1) is 0 Å². The predicted molar refractivity (Wildman–Crippen MR) is 68.4 cm³/mol. The summed E-state index contributed by atoms with van der Waals surface area (Å²) in [7, 11) is 0. The van der Waals surface area contributed by atoms with Gasteiger partial charge in [0.05, 0.1) is 11.6 Å². The van der Waals surface area contributed by atoms with Crippen LogP contribution in [0.15, 0.2) is 18.2 Å². The molecule has 0 fully saturated rings. The molecule has 0 N–H and O–H groups in total. The summed E-state index contributed by atoms with van der Waals surface area (Å²) in [4.78, 5) is 0. The van der Waals surface area contributed by atoms with E-state index in [-0.39, 0.29) is 6.29 Å². The lowest BCUT2D eigenvalue weighted by molar-refractivity contribution is -0.152. The minimum Gasteiger partial charge on any atom is -0.488 e. The number of hydrogen-bond donors (Lipinski definition) is 0. The van der Waals surface area contributed by atoms with Gasteiger partial charge in [-0.25, -0.2) is 0 Å². The molecule has 1 aromatic rings. The Bertz CT molecular complexity index is 406. The highest BCUT2D eigenvalue weighted by atomic mass is 16.7. The van der Waals surface area contributed by atoms with E-state index in [0.717, 1.165) is 5.56 Å². The Morgan fingerprint density at radius 2 is 1.89 bits per heavy atom. The minimum atomic E-state index is -0.370. The zero-order chi connectivity index (χ0) is 13.4. The summed E-state index contributed by atoms with van der Waals surface area (Å²) in [6.07, 6.45) is -0.370. The normalized spacial score (nSPS) is 10.4. The first-order valence-corrected chi connectivity index (χ1v) is 6.08. The van der Waals surface area contributed by atoms with E-state index in [1.807, 2.05) is 26.8 Å². The van der Waals surface area contributed by atoms with Crippen LogP contribution in [0.4, 0.5) is 0 Å². The average molecular weight is 249 g/mol. The Morgan fingerprint density at radius 1 is 1.22 bits per heavy atom. The first kappa shape index (κ1) is 14.5. The zero-order valence-corrected chi connectivity index (χ0v) is 11.1. The van der Waals surface area contributed by atoms with Gasteiger partial charge in [-0.05, 0) is 38.5 Å². The van der Waals surface area contributed by atoms with E-state index in [0.29, 0.717) is 31.1 Å². The molecular weight excluding hydrogens is 230 g/mol. The van der Waals surface area contributed by atoms with Gasteiger partial charge in [-0.2, -0.15) is 5.26 Å². The number of ether oxygens (including phenoxy) is 3. The van der Waals surface area contributed by atoms with Crippen LogP contribution in [0.3, 0.4) is 0 Å². The maximum Gasteiger partial charge on any atom is 0.191 e. The molecule has 4 heteroatoms. The number of rotatable bonds is 7. The molecule has 0 bridgehead atoms. The molecule has 0 aliphatic rings. The molecule has 0 saturated carbocycles. The van der Waals surface area contributed by atoms with E-state index >= 15 is 0 Å². The lowest BCUT2D eigenvalue weighted by Crippen LogP contribution is -2.25. The molecule has 1 rings (SSSR count). The van der Waals surface area contributed by atoms with Crippen LogP contribution in [0, 0.1) is 18.3 Å². The molecule has 0 unspecified atom stereocenters. The van der Waals surface area contributed by atoms with Crippen LogP contribution in [0.2, 0.25) is 0 Å². The summed E-state index contributed by atoms with van der Waals surface area (Å²) in [5, 5.41) is 8.84. The lowest BCUT2D eigenvalue weighted by atomic mass is 10.1. The monoisotopic (exact) mass is 249 g/mol. The summed E-state index contributed by atoms with van der Waals surface area (Å²) in [5.41, 5.74) is 1.57. The predicted octanol–water partition coefficient (Wildman–Crippen LogP) is 2.64. The van der Waals surface area contributed by atoms with Crippen LogP contribution in [0.5, 0.6) is 5.75 Å². The number of hydrogen-bond acceptors (Lipinski definition) is 4. The molecule has 0 radical (unpaired) electrons. The molecule has 4 nitrogen and oxygen atoms in total. The lowest BCUT2D eigenvalue weighted by Gasteiger charge is -2.18. The summed E-state index contributed by atoms with van der Waals surface area (Å²) < 4.78 is 16.4. The second kappa shape index (κ2) is 7.70. The van der Waals surface area contributed by atoms with Crippen molar-refractivity contribution in [1.82, 2.24) is 0 Å². The molecule has 0 heterocycles. The number of nitrogens with zero attached hydrogens (tertiary/aromatic N) is 1. The second-order valence-corrected chi connectivity index (χ2v) is 3.74. The highest BCUT2D eigenvalue weighted by molar-refractivity contribution is 5.41. The number of aryl methyl sites for hydroxylation is 1. The minimum absolute atomic E-state index is 0.317. The topological polar surface area (TPSA) is 51.5 Å². The molecule has 98 valence electrons. The van der Waals surface area contributed by atoms with Gasteiger partial charge in [0.15, 0.2) is 6.29 Å². The standard InChI is InChI=1S/C14H19NO3/c1-4-16-14(17-5-2)10-18-13-8-12(9-15)7-6-11(13)3/h6-8,14H,4-5,10H2,1-3H3. The van der Waals surface area contributed by atoms with E-state index in [2.05, 4.69) is 6.07 Å². The van der Waals surface area contributed by atoms with E-state index in [1.54, 1.807) is 12.1 Å². The average Bonchev–Trinajstić information content (AvgIpc) is 2.38. The maximum atomic E-state index is 8.84. The Morgan fingerprint density at radius 3 is 2.44 bits per heavy atom. The number of benzene rings is 1. The molecular formula is C14H19NO3. The van der Waals surface area contributed by atoms with Crippen molar-refractivity contribution in [1.29, 1.82) is 5.26 Å². The van der Waals surface area contributed by atoms with Crippen LogP contribution in [-0.2, 0) is 9.47 Å². The summed E-state index contributed by atoms with van der Waals surface area (Å²) in [6, 6.07) is 7.45. The molecule has 0 saturated heterocycles. The fourth-order valence-electron chi connectivity index (χ4n) is 1.50. The first-order valence-electron chi connectivity index (χ1n) is 6.08. The van der Waals surface area contributed by atoms with Crippen LogP contribution in [0.1, 0.15) is 25.0 Å². The first-order chi connectivity index (χ1) is 8.71.